The van der Waals surface area contributed by atoms with Crippen LogP contribution < -0.4 is 10.1 Å². The van der Waals surface area contributed by atoms with Gasteiger partial charge >= 0.3 is 0 Å². The van der Waals surface area contributed by atoms with Crippen LogP contribution in [0.15, 0.2) is 34.9 Å². The Morgan fingerprint density at radius 3 is 2.86 bits per heavy atom. The first-order valence-corrected chi connectivity index (χ1v) is 11.7. The van der Waals surface area contributed by atoms with Crippen molar-refractivity contribution < 1.29 is 19.2 Å². The summed E-state index contributed by atoms with van der Waals surface area (Å²) >= 11 is 0. The number of amides is 1. The number of aliphatic hydroxyl groups is 1. The van der Waals surface area contributed by atoms with Crippen LogP contribution in [0.2, 0.25) is 0 Å². The lowest BCUT2D eigenvalue weighted by Gasteiger charge is -2.29. The lowest BCUT2D eigenvalue weighted by molar-refractivity contribution is -0.122. The van der Waals surface area contributed by atoms with E-state index in [0.29, 0.717) is 41.7 Å². The Labute approximate surface area is 216 Å². The van der Waals surface area contributed by atoms with E-state index in [0.717, 1.165) is 24.1 Å². The number of hydrogen-bond donors (Lipinski definition) is 2. The first-order chi connectivity index (χ1) is 16.9. The van der Waals surface area contributed by atoms with Crippen molar-refractivity contribution in [3.8, 4) is 34.7 Å². The summed E-state index contributed by atoms with van der Waals surface area (Å²) in [5, 5.41) is 25.3. The number of carbonyl (C=O) groups is 1. The summed E-state index contributed by atoms with van der Waals surface area (Å²) in [6.45, 7) is 7.84. The Morgan fingerprint density at radius 2 is 2.14 bits per heavy atom. The number of aromatic nitrogens is 2. The highest BCUT2D eigenvalue weighted by Gasteiger charge is 2.23. The van der Waals surface area contributed by atoms with Crippen LogP contribution in [-0.4, -0.2) is 58.4 Å². The quantitative estimate of drug-likeness (QED) is 0.472. The summed E-state index contributed by atoms with van der Waals surface area (Å²) in [5.41, 5.74) is 5.47. The number of nitrogens with zero attached hydrogens (tertiary/aromatic N) is 4. The second-order valence-electron chi connectivity index (χ2n) is 8.82. The smallest absolute Gasteiger partial charge is 0.258 e. The van der Waals surface area contributed by atoms with Crippen LogP contribution in [0.3, 0.4) is 0 Å². The Kier molecular flexibility index (Phi) is 9.04. The number of rotatable bonds is 8. The molecule has 4 rings (SSSR count). The molecule has 2 heterocycles. The highest BCUT2D eigenvalue weighted by atomic mass is 35.5. The van der Waals surface area contributed by atoms with Gasteiger partial charge in [0, 0.05) is 30.8 Å². The third-order valence-electron chi connectivity index (χ3n) is 5.95. The van der Waals surface area contributed by atoms with Crippen LogP contribution >= 0.6 is 12.4 Å². The fraction of sp³-hybridized carbons (Fsp3) is 0.385. The predicted molar refractivity (Wildman–Crippen MR) is 137 cm³/mol. The Bertz CT molecular complexity index is 1270. The number of hydrogen-bond acceptors (Lipinski definition) is 8. The van der Waals surface area contributed by atoms with Gasteiger partial charge in [0.2, 0.25) is 11.7 Å². The van der Waals surface area contributed by atoms with Crippen LogP contribution in [0.4, 0.5) is 0 Å². The Hall–Kier alpha value is -3.45. The second kappa shape index (κ2) is 12.0. The number of ether oxygens (including phenoxy) is 1. The van der Waals surface area contributed by atoms with Gasteiger partial charge in [-0.3, -0.25) is 9.69 Å². The maximum Gasteiger partial charge on any atom is 0.258 e. The molecule has 1 aliphatic rings. The molecule has 0 aliphatic carbocycles. The molecular weight excluding hydrogens is 482 g/mol. The summed E-state index contributed by atoms with van der Waals surface area (Å²) in [6, 6.07) is 11.4. The number of carbonyl (C=O) groups excluding carboxylic acids is 1. The molecule has 0 unspecified atom stereocenters. The molecule has 0 saturated carbocycles. The van der Waals surface area contributed by atoms with Gasteiger partial charge in [0.05, 0.1) is 24.8 Å². The number of aliphatic hydroxyl groups excluding tert-OH is 1. The molecule has 0 bridgehead atoms. The molecule has 36 heavy (non-hydrogen) atoms. The fourth-order valence-electron chi connectivity index (χ4n) is 4.29. The predicted octanol–water partition coefficient (Wildman–Crippen LogP) is 3.26. The molecule has 190 valence electrons. The number of benzene rings is 2. The summed E-state index contributed by atoms with van der Waals surface area (Å²) in [6.07, 6.45) is 0.779. The van der Waals surface area contributed by atoms with Gasteiger partial charge in [-0.15, -0.1) is 12.4 Å². The van der Waals surface area contributed by atoms with Crippen molar-refractivity contribution in [1.29, 1.82) is 5.26 Å². The first-order valence-electron chi connectivity index (χ1n) is 11.7. The molecule has 3 aromatic rings. The number of nitrogens with one attached hydrogen (secondary N) is 1. The van der Waals surface area contributed by atoms with E-state index in [1.807, 2.05) is 19.9 Å². The largest absolute Gasteiger partial charge is 0.490 e. The molecule has 10 heteroatoms. The van der Waals surface area contributed by atoms with Crippen molar-refractivity contribution in [2.24, 2.45) is 0 Å². The molecule has 1 amide bonds. The monoisotopic (exact) mass is 511 g/mol. The van der Waals surface area contributed by atoms with Gasteiger partial charge in [-0.25, -0.2) is 0 Å². The molecule has 0 atom stereocenters. The van der Waals surface area contributed by atoms with E-state index in [-0.39, 0.29) is 37.6 Å². The van der Waals surface area contributed by atoms with Gasteiger partial charge in [-0.1, -0.05) is 17.3 Å². The molecule has 2 N–H and O–H groups in total. The van der Waals surface area contributed by atoms with Gasteiger partial charge in [-0.05, 0) is 62.1 Å². The van der Waals surface area contributed by atoms with Gasteiger partial charge in [0.25, 0.3) is 5.89 Å². The average molecular weight is 512 g/mol. The second-order valence-corrected chi connectivity index (χ2v) is 8.82. The minimum Gasteiger partial charge on any atom is -0.490 e. The maximum absolute atomic E-state index is 12.0. The van der Waals surface area contributed by atoms with Crippen LogP contribution in [-0.2, 0) is 17.8 Å². The van der Waals surface area contributed by atoms with Crippen molar-refractivity contribution >= 4 is 18.3 Å². The molecule has 1 aromatic heterocycles. The van der Waals surface area contributed by atoms with E-state index in [9.17, 15) is 10.1 Å². The summed E-state index contributed by atoms with van der Waals surface area (Å²) in [7, 11) is 0. The molecule has 0 spiro atoms. The summed E-state index contributed by atoms with van der Waals surface area (Å²) < 4.78 is 11.2. The zero-order valence-corrected chi connectivity index (χ0v) is 21.4. The van der Waals surface area contributed by atoms with Gasteiger partial charge < -0.3 is 19.7 Å². The minimum absolute atomic E-state index is 0. The van der Waals surface area contributed by atoms with E-state index in [2.05, 4.69) is 39.4 Å². The first kappa shape index (κ1) is 27.1. The van der Waals surface area contributed by atoms with Gasteiger partial charge in [0.15, 0.2) is 0 Å². The van der Waals surface area contributed by atoms with Gasteiger partial charge in [0.1, 0.15) is 11.8 Å². The minimum atomic E-state index is -0.0847. The number of fused-ring (bicyclic) bond motifs is 1. The number of halogens is 1. The molecule has 0 fully saturated rings. The van der Waals surface area contributed by atoms with Crippen LogP contribution in [0.25, 0.3) is 22.8 Å². The van der Waals surface area contributed by atoms with E-state index in [1.165, 1.54) is 11.1 Å². The van der Waals surface area contributed by atoms with Crippen LogP contribution in [0.1, 0.15) is 36.1 Å². The van der Waals surface area contributed by atoms with Crippen molar-refractivity contribution in [2.75, 3.05) is 26.2 Å². The maximum atomic E-state index is 12.0. The molecule has 0 radical (unpaired) electrons. The van der Waals surface area contributed by atoms with Crippen LogP contribution in [0.5, 0.6) is 5.75 Å². The number of nitriles is 1. The molecule has 1 aliphatic heterocycles. The van der Waals surface area contributed by atoms with Crippen molar-refractivity contribution in [3.63, 3.8) is 0 Å². The summed E-state index contributed by atoms with van der Waals surface area (Å²) in [5.74, 6) is 1.27. The zero-order chi connectivity index (χ0) is 24.9. The zero-order valence-electron chi connectivity index (χ0n) is 20.6. The third-order valence-corrected chi connectivity index (χ3v) is 5.95. The lowest BCUT2D eigenvalue weighted by Crippen LogP contribution is -2.40. The lowest BCUT2D eigenvalue weighted by atomic mass is 9.91. The van der Waals surface area contributed by atoms with E-state index in [1.54, 1.807) is 18.2 Å². The van der Waals surface area contributed by atoms with Gasteiger partial charge in [-0.2, -0.15) is 10.2 Å². The molecule has 9 nitrogen and oxygen atoms in total. The normalized spacial score (nSPS) is 13.0. The van der Waals surface area contributed by atoms with E-state index in [4.69, 9.17) is 14.4 Å². The summed E-state index contributed by atoms with van der Waals surface area (Å²) in [4.78, 5) is 18.7. The Morgan fingerprint density at radius 1 is 1.33 bits per heavy atom. The van der Waals surface area contributed by atoms with Crippen molar-refractivity contribution in [2.45, 2.75) is 39.8 Å². The van der Waals surface area contributed by atoms with Crippen molar-refractivity contribution in [1.82, 2.24) is 20.4 Å². The standard InChI is InChI=1S/C26H29N5O4.ClH/c1-16(2)34-23-7-5-18(12-20(23)13-27)26-29-25(30-35-26)22-6-4-19-14-31(10-8-21(19)17(22)3)15-24(33)28-9-11-32;/h4-7,12,16,32H,8-11,14-15H2,1-3H3,(H,28,33);1H. The van der Waals surface area contributed by atoms with E-state index < -0.39 is 0 Å². The van der Waals surface area contributed by atoms with Crippen LogP contribution in [0, 0.1) is 18.3 Å². The van der Waals surface area contributed by atoms with Crippen molar-refractivity contribution in [3.05, 3.63) is 52.6 Å². The SMILES string of the molecule is Cc1c(-c2noc(-c3ccc(OC(C)C)c(C#N)c3)n2)ccc2c1CCN(CC(=O)NCCO)C2.Cl. The highest BCUT2D eigenvalue weighted by Crippen LogP contribution is 2.32. The Balaban J connectivity index is 0.00000361. The van der Waals surface area contributed by atoms with E-state index >= 15 is 0 Å². The topological polar surface area (TPSA) is 125 Å². The molecule has 2 aromatic carbocycles. The fourth-order valence-corrected chi connectivity index (χ4v) is 4.29. The highest BCUT2D eigenvalue weighted by molar-refractivity contribution is 5.85. The average Bonchev–Trinajstić information content (AvgIpc) is 3.33. The molecular formula is C26H30ClN5O4. The molecule has 0 saturated heterocycles. The third kappa shape index (κ3) is 6.02.